The van der Waals surface area contributed by atoms with Gasteiger partial charge in [0.25, 0.3) is 0 Å². The number of hydrogen-bond acceptors (Lipinski definition) is 7. The van der Waals surface area contributed by atoms with E-state index in [1.54, 1.807) is 7.11 Å². The second-order valence-electron chi connectivity index (χ2n) is 5.41. The predicted molar refractivity (Wildman–Crippen MR) is 98.1 cm³/mol. The van der Waals surface area contributed by atoms with Gasteiger partial charge in [-0.1, -0.05) is 41.7 Å². The molecule has 130 valence electrons. The van der Waals surface area contributed by atoms with Gasteiger partial charge in [-0.05, 0) is 23.4 Å². The highest BCUT2D eigenvalue weighted by Gasteiger charge is 2.12. The van der Waals surface area contributed by atoms with E-state index >= 15 is 0 Å². The lowest BCUT2D eigenvalue weighted by molar-refractivity contribution is -0.117. The number of aromatic nitrogens is 5. The van der Waals surface area contributed by atoms with E-state index in [2.05, 4.69) is 25.7 Å². The molecule has 0 fully saturated rings. The van der Waals surface area contributed by atoms with Crippen LogP contribution in [0.2, 0.25) is 0 Å². The van der Waals surface area contributed by atoms with Gasteiger partial charge in [-0.25, -0.2) is 4.98 Å². The molecule has 4 rings (SSSR count). The average molecular weight is 366 g/mol. The minimum atomic E-state index is -0.270. The van der Waals surface area contributed by atoms with Crippen molar-refractivity contribution in [3.63, 3.8) is 0 Å². The van der Waals surface area contributed by atoms with Crippen LogP contribution in [-0.2, 0) is 11.3 Å². The summed E-state index contributed by atoms with van der Waals surface area (Å²) in [5.41, 5.74) is 1.65. The van der Waals surface area contributed by atoms with Gasteiger partial charge in [-0.3, -0.25) is 4.79 Å². The molecule has 0 bridgehead atoms. The molecule has 0 radical (unpaired) electrons. The Kier molecular flexibility index (Phi) is 4.28. The molecule has 0 spiro atoms. The fourth-order valence-electron chi connectivity index (χ4n) is 2.39. The summed E-state index contributed by atoms with van der Waals surface area (Å²) in [5.74, 6) is 0.956. The van der Waals surface area contributed by atoms with E-state index in [4.69, 9.17) is 4.74 Å². The number of rotatable bonds is 5. The normalized spacial score (nSPS) is 10.8. The van der Waals surface area contributed by atoms with Gasteiger partial charge >= 0.3 is 0 Å². The van der Waals surface area contributed by atoms with Crippen LogP contribution < -0.4 is 10.1 Å². The van der Waals surface area contributed by atoms with Crippen molar-refractivity contribution in [2.75, 3.05) is 12.4 Å². The van der Waals surface area contributed by atoms with E-state index in [-0.39, 0.29) is 12.5 Å². The number of thiazole rings is 1. The number of carbonyl (C=O) groups excluding carboxylic acids is 1. The molecule has 2 heterocycles. The molecule has 8 nitrogen and oxygen atoms in total. The van der Waals surface area contributed by atoms with Crippen LogP contribution in [0.5, 0.6) is 5.75 Å². The third-order valence-electron chi connectivity index (χ3n) is 3.61. The van der Waals surface area contributed by atoms with Crippen LogP contribution in [0.4, 0.5) is 5.13 Å². The molecule has 0 saturated carbocycles. The van der Waals surface area contributed by atoms with Gasteiger partial charge in [0.1, 0.15) is 12.3 Å². The molecule has 0 atom stereocenters. The summed E-state index contributed by atoms with van der Waals surface area (Å²) in [5, 5.41) is 15.4. The van der Waals surface area contributed by atoms with E-state index in [0.717, 1.165) is 21.5 Å². The largest absolute Gasteiger partial charge is 0.497 e. The van der Waals surface area contributed by atoms with Crippen molar-refractivity contribution in [2.45, 2.75) is 6.54 Å². The van der Waals surface area contributed by atoms with Gasteiger partial charge in [-0.2, -0.15) is 4.80 Å². The zero-order valence-electron chi connectivity index (χ0n) is 13.8. The summed E-state index contributed by atoms with van der Waals surface area (Å²) in [6.45, 7) is -0.0426. The number of hydrogen-bond donors (Lipinski definition) is 1. The first-order valence-electron chi connectivity index (χ1n) is 7.79. The van der Waals surface area contributed by atoms with Gasteiger partial charge in [0.2, 0.25) is 11.7 Å². The number of tetrazole rings is 1. The molecule has 4 aromatic rings. The number of amides is 1. The highest BCUT2D eigenvalue weighted by molar-refractivity contribution is 7.22. The standard InChI is InChI=1S/C17H14N6O2S/c1-25-12-7-8-13-14(9-12)26-17(18-13)19-15(24)10-23-21-16(20-22-23)11-5-3-2-4-6-11/h2-9H,10H2,1H3,(H,18,19,24). The monoisotopic (exact) mass is 366 g/mol. The molecule has 0 saturated heterocycles. The second-order valence-corrected chi connectivity index (χ2v) is 6.44. The summed E-state index contributed by atoms with van der Waals surface area (Å²) in [7, 11) is 1.61. The summed E-state index contributed by atoms with van der Waals surface area (Å²) in [6.07, 6.45) is 0. The molecule has 0 aliphatic carbocycles. The number of benzene rings is 2. The van der Waals surface area contributed by atoms with Crippen LogP contribution in [0.3, 0.4) is 0 Å². The van der Waals surface area contributed by atoms with Crippen molar-refractivity contribution in [2.24, 2.45) is 0 Å². The Morgan fingerprint density at radius 3 is 2.88 bits per heavy atom. The van der Waals surface area contributed by atoms with Gasteiger partial charge in [-0.15, -0.1) is 10.2 Å². The minimum Gasteiger partial charge on any atom is -0.497 e. The van der Waals surface area contributed by atoms with Crippen LogP contribution in [0.25, 0.3) is 21.6 Å². The van der Waals surface area contributed by atoms with Crippen molar-refractivity contribution in [3.05, 3.63) is 48.5 Å². The van der Waals surface area contributed by atoms with Crippen molar-refractivity contribution < 1.29 is 9.53 Å². The van der Waals surface area contributed by atoms with Crippen LogP contribution >= 0.6 is 11.3 Å². The number of nitrogens with zero attached hydrogens (tertiary/aromatic N) is 5. The molecule has 0 aliphatic heterocycles. The molecule has 26 heavy (non-hydrogen) atoms. The number of methoxy groups -OCH3 is 1. The Bertz CT molecular complexity index is 1060. The lowest BCUT2D eigenvalue weighted by Gasteiger charge is -1.99. The van der Waals surface area contributed by atoms with Crippen molar-refractivity contribution >= 4 is 32.6 Å². The first-order valence-corrected chi connectivity index (χ1v) is 8.60. The smallest absolute Gasteiger partial charge is 0.249 e. The summed E-state index contributed by atoms with van der Waals surface area (Å²) in [4.78, 5) is 17.9. The van der Waals surface area contributed by atoms with Crippen molar-refractivity contribution in [1.82, 2.24) is 25.2 Å². The van der Waals surface area contributed by atoms with Crippen LogP contribution in [0, 0.1) is 0 Å². The SMILES string of the molecule is COc1ccc2nc(NC(=O)Cn3nnc(-c4ccccc4)n3)sc2c1. The molecule has 0 aliphatic rings. The summed E-state index contributed by atoms with van der Waals surface area (Å²) < 4.78 is 6.13. The number of anilines is 1. The molecule has 0 unspecified atom stereocenters. The molecule has 1 N–H and O–H groups in total. The molecular weight excluding hydrogens is 352 g/mol. The number of fused-ring (bicyclic) bond motifs is 1. The first kappa shape index (κ1) is 16.2. The summed E-state index contributed by atoms with van der Waals surface area (Å²) >= 11 is 1.38. The minimum absolute atomic E-state index is 0.0426. The maximum atomic E-state index is 12.2. The zero-order valence-corrected chi connectivity index (χ0v) is 14.6. The Morgan fingerprint density at radius 1 is 1.23 bits per heavy atom. The molecular formula is C17H14N6O2S. The first-order chi connectivity index (χ1) is 12.7. The van der Waals surface area contributed by atoms with Crippen LogP contribution in [0.15, 0.2) is 48.5 Å². The third kappa shape index (κ3) is 3.38. The van der Waals surface area contributed by atoms with E-state index in [0.29, 0.717) is 11.0 Å². The Labute approximate surface area is 152 Å². The second kappa shape index (κ2) is 6.89. The number of ether oxygens (including phenoxy) is 1. The number of carbonyl (C=O) groups is 1. The topological polar surface area (TPSA) is 94.8 Å². The fraction of sp³-hybridized carbons (Fsp3) is 0.118. The molecule has 9 heteroatoms. The third-order valence-corrected chi connectivity index (χ3v) is 4.55. The quantitative estimate of drug-likeness (QED) is 0.583. The van der Waals surface area contributed by atoms with Gasteiger partial charge in [0, 0.05) is 5.56 Å². The number of nitrogens with one attached hydrogen (secondary N) is 1. The van der Waals surface area contributed by atoms with Crippen LogP contribution in [-0.4, -0.2) is 38.2 Å². The maximum Gasteiger partial charge on any atom is 0.249 e. The van der Waals surface area contributed by atoms with Gasteiger partial charge in [0.05, 0.1) is 17.3 Å². The molecule has 2 aromatic carbocycles. The highest BCUT2D eigenvalue weighted by Crippen LogP contribution is 2.29. The lowest BCUT2D eigenvalue weighted by atomic mass is 10.2. The van der Waals surface area contributed by atoms with E-state index in [9.17, 15) is 4.79 Å². The highest BCUT2D eigenvalue weighted by atomic mass is 32.1. The predicted octanol–water partition coefficient (Wildman–Crippen LogP) is 2.60. The maximum absolute atomic E-state index is 12.2. The Morgan fingerprint density at radius 2 is 2.08 bits per heavy atom. The Hall–Kier alpha value is -3.33. The lowest BCUT2D eigenvalue weighted by Crippen LogP contribution is -2.20. The van der Waals surface area contributed by atoms with Gasteiger partial charge < -0.3 is 10.1 Å². The van der Waals surface area contributed by atoms with E-state index < -0.39 is 0 Å². The van der Waals surface area contributed by atoms with E-state index in [1.165, 1.54) is 16.1 Å². The zero-order chi connectivity index (χ0) is 17.9. The van der Waals surface area contributed by atoms with Gasteiger partial charge in [0.15, 0.2) is 5.13 Å². The molecule has 2 aromatic heterocycles. The van der Waals surface area contributed by atoms with E-state index in [1.807, 2.05) is 48.5 Å². The molecule has 1 amide bonds. The average Bonchev–Trinajstić information content (AvgIpc) is 3.28. The summed E-state index contributed by atoms with van der Waals surface area (Å²) in [6, 6.07) is 15.0. The van der Waals surface area contributed by atoms with Crippen LogP contribution in [0.1, 0.15) is 0 Å². The van der Waals surface area contributed by atoms with Crippen molar-refractivity contribution in [3.8, 4) is 17.1 Å². The Balaban J connectivity index is 1.45. The fourth-order valence-corrected chi connectivity index (χ4v) is 3.30. The van der Waals surface area contributed by atoms with Crippen molar-refractivity contribution in [1.29, 1.82) is 0 Å².